The standard InChI is InChI=1S/C24H25F2N3O/c1-14(2)29-13-28-21-10-9-20(27)19(22(21)24(29)30)12-16-6-4-8-18(23(16)26)15-5-3-7-17(25)11-15/h3-8,11,13-14,19-20H,9-10,12,27H2,1-2H3/t19-,20-/m0/s1. The number of hydrogen-bond donors (Lipinski definition) is 1. The number of aryl methyl sites for hydroxylation is 1. The van der Waals surface area contributed by atoms with Gasteiger partial charge in [-0.15, -0.1) is 0 Å². The zero-order chi connectivity index (χ0) is 21.4. The molecule has 2 atom stereocenters. The number of fused-ring (bicyclic) bond motifs is 1. The predicted octanol–water partition coefficient (Wildman–Crippen LogP) is 4.37. The van der Waals surface area contributed by atoms with Crippen LogP contribution in [0.5, 0.6) is 0 Å². The van der Waals surface area contributed by atoms with Crippen molar-refractivity contribution in [2.75, 3.05) is 0 Å². The molecule has 0 saturated heterocycles. The Morgan fingerprint density at radius 1 is 1.20 bits per heavy atom. The molecule has 0 aliphatic heterocycles. The molecule has 1 aliphatic rings. The number of benzene rings is 2. The van der Waals surface area contributed by atoms with Crippen molar-refractivity contribution in [2.45, 2.75) is 51.1 Å². The fraction of sp³-hybridized carbons (Fsp3) is 0.333. The van der Waals surface area contributed by atoms with Gasteiger partial charge in [-0.05, 0) is 56.4 Å². The molecule has 2 aromatic carbocycles. The Balaban J connectivity index is 1.77. The van der Waals surface area contributed by atoms with E-state index in [2.05, 4.69) is 4.98 Å². The second-order valence-electron chi connectivity index (χ2n) is 8.21. The molecule has 4 rings (SSSR count). The Morgan fingerprint density at radius 2 is 1.97 bits per heavy atom. The van der Waals surface area contributed by atoms with Crippen LogP contribution < -0.4 is 11.3 Å². The molecular formula is C24H25F2N3O. The van der Waals surface area contributed by atoms with E-state index >= 15 is 4.39 Å². The van der Waals surface area contributed by atoms with Crippen LogP contribution in [0.15, 0.2) is 53.6 Å². The molecule has 3 aromatic rings. The summed E-state index contributed by atoms with van der Waals surface area (Å²) < 4.78 is 30.6. The molecule has 1 aliphatic carbocycles. The van der Waals surface area contributed by atoms with Crippen LogP contribution in [0.3, 0.4) is 0 Å². The maximum Gasteiger partial charge on any atom is 0.257 e. The van der Waals surface area contributed by atoms with E-state index in [0.717, 1.165) is 5.69 Å². The fourth-order valence-corrected chi connectivity index (χ4v) is 4.28. The number of halogens is 2. The van der Waals surface area contributed by atoms with E-state index in [1.807, 2.05) is 13.8 Å². The van der Waals surface area contributed by atoms with Crippen molar-refractivity contribution in [3.05, 3.63) is 87.6 Å². The lowest BCUT2D eigenvalue weighted by atomic mass is 9.78. The Hall–Kier alpha value is -2.86. The maximum atomic E-state index is 15.4. The summed E-state index contributed by atoms with van der Waals surface area (Å²) in [5.74, 6) is -1.14. The van der Waals surface area contributed by atoms with Crippen LogP contribution in [0.25, 0.3) is 11.1 Å². The van der Waals surface area contributed by atoms with E-state index < -0.39 is 11.6 Å². The van der Waals surface area contributed by atoms with Crippen LogP contribution in [0.4, 0.5) is 8.78 Å². The van der Waals surface area contributed by atoms with Crippen molar-refractivity contribution in [1.82, 2.24) is 9.55 Å². The molecule has 0 bridgehead atoms. The number of aromatic nitrogens is 2. The monoisotopic (exact) mass is 409 g/mol. The molecule has 1 heterocycles. The van der Waals surface area contributed by atoms with Gasteiger partial charge in [-0.3, -0.25) is 9.36 Å². The van der Waals surface area contributed by atoms with Gasteiger partial charge in [0.05, 0.1) is 12.0 Å². The largest absolute Gasteiger partial charge is 0.327 e. The molecule has 156 valence electrons. The Morgan fingerprint density at radius 3 is 2.70 bits per heavy atom. The lowest BCUT2D eigenvalue weighted by molar-refractivity contribution is 0.437. The van der Waals surface area contributed by atoms with E-state index in [4.69, 9.17) is 5.73 Å². The van der Waals surface area contributed by atoms with Crippen LogP contribution in [0.2, 0.25) is 0 Å². The molecule has 0 saturated carbocycles. The smallest absolute Gasteiger partial charge is 0.257 e. The Kier molecular flexibility index (Phi) is 5.52. The van der Waals surface area contributed by atoms with Gasteiger partial charge in [0.15, 0.2) is 0 Å². The molecule has 0 amide bonds. The summed E-state index contributed by atoms with van der Waals surface area (Å²) in [6.45, 7) is 3.85. The number of nitrogens with two attached hydrogens (primary N) is 1. The maximum absolute atomic E-state index is 15.4. The normalized spacial score (nSPS) is 18.5. The van der Waals surface area contributed by atoms with Gasteiger partial charge in [-0.1, -0.05) is 30.3 Å². The average molecular weight is 409 g/mol. The third kappa shape index (κ3) is 3.67. The third-order valence-corrected chi connectivity index (χ3v) is 5.93. The molecule has 1 aromatic heterocycles. The molecule has 4 nitrogen and oxygen atoms in total. The van der Waals surface area contributed by atoms with Gasteiger partial charge in [0, 0.05) is 29.1 Å². The molecule has 6 heteroatoms. The minimum absolute atomic E-state index is 0.0258. The minimum atomic E-state index is -0.416. The zero-order valence-electron chi connectivity index (χ0n) is 17.1. The Labute approximate surface area is 174 Å². The topological polar surface area (TPSA) is 60.9 Å². The first-order valence-corrected chi connectivity index (χ1v) is 10.3. The SMILES string of the molecule is CC(C)n1cnc2c(c1=O)[C@@H](Cc1cccc(-c3cccc(F)c3)c1F)[C@@H](N)CC2. The molecule has 30 heavy (non-hydrogen) atoms. The van der Waals surface area contributed by atoms with E-state index in [0.29, 0.717) is 41.5 Å². The van der Waals surface area contributed by atoms with Crippen LogP contribution in [-0.4, -0.2) is 15.6 Å². The molecular weight excluding hydrogens is 384 g/mol. The van der Waals surface area contributed by atoms with E-state index in [9.17, 15) is 9.18 Å². The summed E-state index contributed by atoms with van der Waals surface area (Å²) in [5.41, 5.74) is 8.94. The van der Waals surface area contributed by atoms with Gasteiger partial charge in [-0.2, -0.15) is 0 Å². The summed E-state index contributed by atoms with van der Waals surface area (Å²) in [7, 11) is 0. The molecule has 2 N–H and O–H groups in total. The quantitative estimate of drug-likeness (QED) is 0.696. The second-order valence-corrected chi connectivity index (χ2v) is 8.21. The van der Waals surface area contributed by atoms with Crippen molar-refractivity contribution >= 4 is 0 Å². The first-order valence-electron chi connectivity index (χ1n) is 10.3. The highest BCUT2D eigenvalue weighted by molar-refractivity contribution is 5.65. The van der Waals surface area contributed by atoms with Gasteiger partial charge >= 0.3 is 0 Å². The lowest BCUT2D eigenvalue weighted by Gasteiger charge is -2.31. The van der Waals surface area contributed by atoms with Gasteiger partial charge in [0.25, 0.3) is 5.56 Å². The summed E-state index contributed by atoms with van der Waals surface area (Å²) in [6.07, 6.45) is 3.22. The highest BCUT2D eigenvalue weighted by Gasteiger charge is 2.32. The van der Waals surface area contributed by atoms with E-state index in [1.54, 1.807) is 41.2 Å². The predicted molar refractivity (Wildman–Crippen MR) is 113 cm³/mol. The van der Waals surface area contributed by atoms with E-state index in [1.165, 1.54) is 12.1 Å². The van der Waals surface area contributed by atoms with Crippen LogP contribution in [0.1, 0.15) is 49.0 Å². The summed E-state index contributed by atoms with van der Waals surface area (Å²) in [5, 5.41) is 0. The van der Waals surface area contributed by atoms with Crippen molar-refractivity contribution in [2.24, 2.45) is 5.73 Å². The van der Waals surface area contributed by atoms with Gasteiger partial charge < -0.3 is 5.73 Å². The molecule has 0 fully saturated rings. The lowest BCUT2D eigenvalue weighted by Crippen LogP contribution is -2.41. The van der Waals surface area contributed by atoms with Crippen molar-refractivity contribution < 1.29 is 8.78 Å². The van der Waals surface area contributed by atoms with Crippen molar-refractivity contribution in [3.8, 4) is 11.1 Å². The van der Waals surface area contributed by atoms with E-state index in [-0.39, 0.29) is 23.6 Å². The highest BCUT2D eigenvalue weighted by atomic mass is 19.1. The van der Waals surface area contributed by atoms with Crippen LogP contribution >= 0.6 is 0 Å². The van der Waals surface area contributed by atoms with Crippen molar-refractivity contribution in [1.29, 1.82) is 0 Å². The zero-order valence-corrected chi connectivity index (χ0v) is 17.1. The number of nitrogens with zero attached hydrogens (tertiary/aromatic N) is 2. The first kappa shape index (κ1) is 20.4. The Bertz CT molecular complexity index is 1140. The third-order valence-electron chi connectivity index (χ3n) is 5.93. The average Bonchev–Trinajstić information content (AvgIpc) is 2.71. The van der Waals surface area contributed by atoms with Crippen molar-refractivity contribution in [3.63, 3.8) is 0 Å². The van der Waals surface area contributed by atoms with Gasteiger partial charge in [0.1, 0.15) is 11.6 Å². The molecule has 0 unspecified atom stereocenters. The number of hydrogen-bond acceptors (Lipinski definition) is 3. The van der Waals surface area contributed by atoms with Crippen LogP contribution in [0, 0.1) is 11.6 Å². The molecule has 0 radical (unpaired) electrons. The first-order chi connectivity index (χ1) is 14.4. The van der Waals surface area contributed by atoms with Crippen LogP contribution in [-0.2, 0) is 12.8 Å². The fourth-order valence-electron chi connectivity index (χ4n) is 4.28. The minimum Gasteiger partial charge on any atom is -0.327 e. The summed E-state index contributed by atoms with van der Waals surface area (Å²) in [6, 6.07) is 10.7. The summed E-state index contributed by atoms with van der Waals surface area (Å²) >= 11 is 0. The number of rotatable bonds is 4. The summed E-state index contributed by atoms with van der Waals surface area (Å²) in [4.78, 5) is 17.6. The molecule has 0 spiro atoms. The van der Waals surface area contributed by atoms with Gasteiger partial charge in [-0.25, -0.2) is 13.8 Å². The second kappa shape index (κ2) is 8.11. The van der Waals surface area contributed by atoms with Gasteiger partial charge in [0.2, 0.25) is 0 Å². The highest BCUT2D eigenvalue weighted by Crippen LogP contribution is 2.33.